The van der Waals surface area contributed by atoms with Gasteiger partial charge in [-0.1, -0.05) is 42.5 Å². The third-order valence-electron chi connectivity index (χ3n) is 3.70. The van der Waals surface area contributed by atoms with Crippen LogP contribution < -0.4 is 10.1 Å². The van der Waals surface area contributed by atoms with E-state index in [9.17, 15) is 4.79 Å². The van der Waals surface area contributed by atoms with Crippen LogP contribution >= 0.6 is 0 Å². The molecule has 0 bridgehead atoms. The second-order valence-corrected chi connectivity index (χ2v) is 7.39. The average molecular weight is 366 g/mol. The lowest BCUT2D eigenvalue weighted by Crippen LogP contribution is -2.42. The van der Waals surface area contributed by atoms with Gasteiger partial charge in [-0.2, -0.15) is 5.26 Å². The molecule has 1 N–H and O–H groups in total. The molecular weight excluding hydrogens is 340 g/mol. The molecule has 5 heteroatoms. The second kappa shape index (κ2) is 9.63. The van der Waals surface area contributed by atoms with E-state index < -0.39 is 12.2 Å². The van der Waals surface area contributed by atoms with Crippen molar-refractivity contribution in [1.82, 2.24) is 5.32 Å². The third-order valence-corrected chi connectivity index (χ3v) is 3.70. The highest BCUT2D eigenvalue weighted by Gasteiger charge is 2.19. The van der Waals surface area contributed by atoms with Gasteiger partial charge in [-0.25, -0.2) is 4.79 Å². The van der Waals surface area contributed by atoms with Gasteiger partial charge in [-0.3, -0.25) is 0 Å². The van der Waals surface area contributed by atoms with Gasteiger partial charge in [0.25, 0.3) is 0 Å². The maximum absolute atomic E-state index is 11.9. The number of amides is 1. The van der Waals surface area contributed by atoms with Crippen LogP contribution in [0.3, 0.4) is 0 Å². The zero-order valence-corrected chi connectivity index (χ0v) is 16.1. The van der Waals surface area contributed by atoms with Gasteiger partial charge in [0.2, 0.25) is 0 Å². The molecule has 1 atom stereocenters. The molecule has 5 nitrogen and oxygen atoms in total. The molecule has 2 rings (SSSR count). The molecule has 2 aromatic carbocycles. The molecule has 1 amide bonds. The summed E-state index contributed by atoms with van der Waals surface area (Å²) in [7, 11) is 0. The molecule has 0 aliphatic heterocycles. The first-order valence-electron chi connectivity index (χ1n) is 8.97. The number of nitrogens with zero attached hydrogens (tertiary/aromatic N) is 1. The monoisotopic (exact) mass is 366 g/mol. The molecule has 0 spiro atoms. The van der Waals surface area contributed by atoms with E-state index >= 15 is 0 Å². The first kappa shape index (κ1) is 20.3. The van der Waals surface area contributed by atoms with Gasteiger partial charge < -0.3 is 14.8 Å². The lowest BCUT2D eigenvalue weighted by molar-refractivity contribution is 0.0933. The Morgan fingerprint density at radius 1 is 1.07 bits per heavy atom. The standard InChI is InChI=1S/C22H26N2O3/c1-22(2,3)24-21(25)27-20(13-14-23)15-17-9-11-19(12-10-17)26-16-18-7-5-4-6-8-18/h4-12,20H,13,15-16H2,1-3H3,(H,24,25). The first-order chi connectivity index (χ1) is 12.9. The number of alkyl carbamates (subject to hydrolysis) is 1. The summed E-state index contributed by atoms with van der Waals surface area (Å²) in [5.74, 6) is 0.769. The van der Waals surface area contributed by atoms with Crippen LogP contribution in [0.4, 0.5) is 4.79 Å². The average Bonchev–Trinajstić information content (AvgIpc) is 2.60. The SMILES string of the molecule is CC(C)(C)NC(=O)OC(CC#N)Cc1ccc(OCc2ccccc2)cc1. The van der Waals surface area contributed by atoms with Gasteiger partial charge in [0.05, 0.1) is 12.5 Å². The molecule has 27 heavy (non-hydrogen) atoms. The topological polar surface area (TPSA) is 71.3 Å². The van der Waals surface area contributed by atoms with E-state index in [0.29, 0.717) is 13.0 Å². The molecule has 0 fully saturated rings. The van der Waals surface area contributed by atoms with Gasteiger partial charge in [0, 0.05) is 12.0 Å². The number of carbonyl (C=O) groups is 1. The Morgan fingerprint density at radius 3 is 2.33 bits per heavy atom. The zero-order chi connectivity index (χ0) is 19.7. The van der Waals surface area contributed by atoms with Crippen LogP contribution in [0.1, 0.15) is 38.3 Å². The molecule has 0 aliphatic carbocycles. The lowest BCUT2D eigenvalue weighted by atomic mass is 10.1. The molecule has 0 saturated heterocycles. The number of hydrogen-bond acceptors (Lipinski definition) is 4. The van der Waals surface area contributed by atoms with E-state index in [4.69, 9.17) is 14.7 Å². The fourth-order valence-corrected chi connectivity index (χ4v) is 2.47. The van der Waals surface area contributed by atoms with Crippen LogP contribution in [0, 0.1) is 11.3 Å². The highest BCUT2D eigenvalue weighted by atomic mass is 16.6. The van der Waals surface area contributed by atoms with Crippen molar-refractivity contribution in [3.8, 4) is 11.8 Å². The van der Waals surface area contributed by atoms with Crippen molar-refractivity contribution < 1.29 is 14.3 Å². The first-order valence-corrected chi connectivity index (χ1v) is 8.97. The molecular formula is C22H26N2O3. The summed E-state index contributed by atoms with van der Waals surface area (Å²) in [5.41, 5.74) is 1.70. The number of hydrogen-bond donors (Lipinski definition) is 1. The summed E-state index contributed by atoms with van der Waals surface area (Å²) < 4.78 is 11.2. The van der Waals surface area contributed by atoms with E-state index in [2.05, 4.69) is 11.4 Å². The molecule has 0 heterocycles. The van der Waals surface area contributed by atoms with E-state index in [1.165, 1.54) is 0 Å². The highest BCUT2D eigenvalue weighted by Crippen LogP contribution is 2.17. The van der Waals surface area contributed by atoms with E-state index in [1.54, 1.807) is 0 Å². The minimum atomic E-state index is -0.509. The summed E-state index contributed by atoms with van der Waals surface area (Å²) in [6.07, 6.45) is -0.382. The maximum Gasteiger partial charge on any atom is 0.407 e. The molecule has 0 aromatic heterocycles. The maximum atomic E-state index is 11.9. The van der Waals surface area contributed by atoms with Crippen LogP contribution in [0.15, 0.2) is 54.6 Å². The Balaban J connectivity index is 1.90. The van der Waals surface area contributed by atoms with Gasteiger partial charge in [0.15, 0.2) is 0 Å². The summed E-state index contributed by atoms with van der Waals surface area (Å²) in [6, 6.07) is 19.7. The van der Waals surface area contributed by atoms with Crippen molar-refractivity contribution in [2.75, 3.05) is 0 Å². The normalized spacial score (nSPS) is 11.9. The van der Waals surface area contributed by atoms with E-state index in [1.807, 2.05) is 75.4 Å². The van der Waals surface area contributed by atoms with Crippen molar-refractivity contribution in [1.29, 1.82) is 5.26 Å². The molecule has 0 radical (unpaired) electrons. The van der Waals surface area contributed by atoms with Crippen molar-refractivity contribution in [3.05, 3.63) is 65.7 Å². The van der Waals surface area contributed by atoms with Gasteiger partial charge in [0.1, 0.15) is 18.5 Å². The summed E-state index contributed by atoms with van der Waals surface area (Å²) in [5, 5.41) is 11.7. The minimum absolute atomic E-state index is 0.143. The van der Waals surface area contributed by atoms with Crippen LogP contribution in [-0.2, 0) is 17.8 Å². The second-order valence-electron chi connectivity index (χ2n) is 7.39. The van der Waals surface area contributed by atoms with E-state index in [0.717, 1.165) is 16.9 Å². The van der Waals surface area contributed by atoms with Gasteiger partial charge in [-0.05, 0) is 44.0 Å². The van der Waals surface area contributed by atoms with Crippen LogP contribution in [0.2, 0.25) is 0 Å². The number of rotatable bonds is 7. The van der Waals surface area contributed by atoms with Crippen molar-refractivity contribution in [2.45, 2.75) is 51.9 Å². The molecule has 1 unspecified atom stereocenters. The van der Waals surface area contributed by atoms with Gasteiger partial charge >= 0.3 is 6.09 Å². The third kappa shape index (κ3) is 7.83. The number of nitrogens with one attached hydrogen (secondary N) is 1. The largest absolute Gasteiger partial charge is 0.489 e. The van der Waals surface area contributed by atoms with Crippen LogP contribution in [0.25, 0.3) is 0 Å². The smallest absolute Gasteiger partial charge is 0.407 e. The number of benzene rings is 2. The van der Waals surface area contributed by atoms with Gasteiger partial charge in [-0.15, -0.1) is 0 Å². The summed E-state index contributed by atoms with van der Waals surface area (Å²) in [6.45, 7) is 6.14. The van der Waals surface area contributed by atoms with Crippen molar-refractivity contribution in [2.24, 2.45) is 0 Å². The Morgan fingerprint density at radius 2 is 1.74 bits per heavy atom. The number of nitriles is 1. The lowest BCUT2D eigenvalue weighted by Gasteiger charge is -2.22. The Labute approximate surface area is 160 Å². The predicted octanol–water partition coefficient (Wildman–Crippen LogP) is 4.62. The Hall–Kier alpha value is -3.00. The number of ether oxygens (including phenoxy) is 2. The molecule has 0 aliphatic rings. The Bertz CT molecular complexity index is 759. The minimum Gasteiger partial charge on any atom is -0.489 e. The molecule has 0 saturated carbocycles. The van der Waals surface area contributed by atoms with Crippen molar-refractivity contribution in [3.63, 3.8) is 0 Å². The quantitative estimate of drug-likeness (QED) is 0.776. The molecule has 2 aromatic rings. The summed E-state index contributed by atoms with van der Waals surface area (Å²) >= 11 is 0. The number of carbonyl (C=O) groups excluding carboxylic acids is 1. The van der Waals surface area contributed by atoms with Crippen LogP contribution in [-0.4, -0.2) is 17.7 Å². The van der Waals surface area contributed by atoms with Crippen LogP contribution in [0.5, 0.6) is 5.75 Å². The van der Waals surface area contributed by atoms with E-state index in [-0.39, 0.29) is 12.0 Å². The molecule has 142 valence electrons. The van der Waals surface area contributed by atoms with Crippen molar-refractivity contribution >= 4 is 6.09 Å². The fraction of sp³-hybridized carbons (Fsp3) is 0.364. The summed E-state index contributed by atoms with van der Waals surface area (Å²) in [4.78, 5) is 11.9. The highest BCUT2D eigenvalue weighted by molar-refractivity contribution is 5.68. The Kier molecular flexibility index (Phi) is 7.25. The zero-order valence-electron chi connectivity index (χ0n) is 16.1. The fourth-order valence-electron chi connectivity index (χ4n) is 2.47. The predicted molar refractivity (Wildman–Crippen MR) is 104 cm³/mol.